The van der Waals surface area contributed by atoms with Gasteiger partial charge in [-0.05, 0) is 43.7 Å². The van der Waals surface area contributed by atoms with E-state index in [-0.39, 0.29) is 5.78 Å². The summed E-state index contributed by atoms with van der Waals surface area (Å²) < 4.78 is 0. The number of aliphatic carboxylic acids is 1. The average Bonchev–Trinajstić information content (AvgIpc) is 3.21. The van der Waals surface area contributed by atoms with Crippen LogP contribution in [0.4, 0.5) is 5.69 Å². The van der Waals surface area contributed by atoms with Crippen LogP contribution in [0.1, 0.15) is 29.8 Å². The first-order valence-electron chi connectivity index (χ1n) is 9.97. The minimum Gasteiger partial charge on any atom is -0.480 e. The number of rotatable bonds is 5. The highest BCUT2D eigenvalue weighted by molar-refractivity contribution is 6.24. The van der Waals surface area contributed by atoms with E-state index in [0.717, 1.165) is 10.5 Å². The maximum atomic E-state index is 13.3. The number of imide groups is 1. The van der Waals surface area contributed by atoms with Crippen LogP contribution in [0.2, 0.25) is 0 Å². The van der Waals surface area contributed by atoms with E-state index < -0.39 is 41.2 Å². The third-order valence-electron chi connectivity index (χ3n) is 6.10. The molecule has 4 atom stereocenters. The molecule has 2 aromatic carbocycles. The van der Waals surface area contributed by atoms with Crippen molar-refractivity contribution in [3.05, 3.63) is 71.8 Å². The minimum absolute atomic E-state index is 0.128. The Hall–Kier alpha value is -3.58. The number of carbonyl (C=O) groups is 4. The molecular formula is C24H22N2O5. The molecule has 2 N–H and O–H groups in total. The lowest BCUT2D eigenvalue weighted by atomic mass is 9.81. The number of carbonyl (C=O) groups excluding carboxylic acids is 3. The lowest BCUT2D eigenvalue weighted by Crippen LogP contribution is -2.54. The van der Waals surface area contributed by atoms with Crippen LogP contribution in [0.3, 0.4) is 0 Å². The van der Waals surface area contributed by atoms with E-state index in [4.69, 9.17) is 0 Å². The van der Waals surface area contributed by atoms with E-state index in [0.29, 0.717) is 11.3 Å². The SMILES string of the molecule is CC(=O)c1ccc(N2C(=O)C3C(/C=C/c4ccccc4)NC(C)(C(=O)O)C3C2=O)cc1. The molecule has 2 aromatic rings. The predicted octanol–water partition coefficient (Wildman–Crippen LogP) is 2.52. The number of hydrogen-bond acceptors (Lipinski definition) is 5. The summed E-state index contributed by atoms with van der Waals surface area (Å²) in [6, 6.07) is 15.0. The molecule has 7 nitrogen and oxygen atoms in total. The number of carboxylic acids is 1. The molecule has 0 bridgehead atoms. The van der Waals surface area contributed by atoms with Gasteiger partial charge in [0.1, 0.15) is 5.54 Å². The number of fused-ring (bicyclic) bond motifs is 1. The number of ketones is 1. The molecule has 2 saturated heterocycles. The summed E-state index contributed by atoms with van der Waals surface area (Å²) >= 11 is 0. The molecule has 4 rings (SSSR count). The van der Waals surface area contributed by atoms with E-state index in [9.17, 15) is 24.3 Å². The number of nitrogens with one attached hydrogen (secondary N) is 1. The van der Waals surface area contributed by atoms with Gasteiger partial charge in [-0.2, -0.15) is 0 Å². The molecule has 31 heavy (non-hydrogen) atoms. The maximum absolute atomic E-state index is 13.3. The zero-order valence-electron chi connectivity index (χ0n) is 17.1. The quantitative estimate of drug-likeness (QED) is 0.571. The number of anilines is 1. The Morgan fingerprint density at radius 1 is 1.03 bits per heavy atom. The van der Waals surface area contributed by atoms with Crippen molar-refractivity contribution >= 4 is 35.3 Å². The number of nitrogens with zero attached hydrogens (tertiary/aromatic N) is 1. The van der Waals surface area contributed by atoms with Crippen molar-refractivity contribution in [3.8, 4) is 0 Å². The number of hydrogen-bond donors (Lipinski definition) is 2. The Labute approximate surface area is 179 Å². The van der Waals surface area contributed by atoms with Crippen LogP contribution in [0, 0.1) is 11.8 Å². The molecule has 0 aromatic heterocycles. The average molecular weight is 418 g/mol. The van der Waals surface area contributed by atoms with Gasteiger partial charge in [0.25, 0.3) is 0 Å². The first-order valence-corrected chi connectivity index (χ1v) is 9.97. The second-order valence-corrected chi connectivity index (χ2v) is 8.07. The Morgan fingerprint density at radius 2 is 1.68 bits per heavy atom. The largest absolute Gasteiger partial charge is 0.480 e. The molecule has 2 aliphatic rings. The van der Waals surface area contributed by atoms with E-state index in [1.165, 1.54) is 26.0 Å². The molecule has 2 fully saturated rings. The van der Waals surface area contributed by atoms with Gasteiger partial charge in [-0.3, -0.25) is 24.5 Å². The van der Waals surface area contributed by atoms with Gasteiger partial charge in [0.15, 0.2) is 5.78 Å². The molecule has 4 unspecified atom stereocenters. The summed E-state index contributed by atoms with van der Waals surface area (Å²) in [6.07, 6.45) is 3.55. The first-order chi connectivity index (χ1) is 14.7. The summed E-state index contributed by atoms with van der Waals surface area (Å²) in [5.74, 6) is -4.22. The number of benzene rings is 2. The van der Waals surface area contributed by atoms with E-state index >= 15 is 0 Å². The Bertz CT molecular complexity index is 1090. The summed E-state index contributed by atoms with van der Waals surface area (Å²) in [6.45, 7) is 2.87. The van der Waals surface area contributed by atoms with Crippen molar-refractivity contribution in [3.63, 3.8) is 0 Å². The molecule has 0 aliphatic carbocycles. The third-order valence-corrected chi connectivity index (χ3v) is 6.10. The fourth-order valence-corrected chi connectivity index (χ4v) is 4.43. The molecule has 0 radical (unpaired) electrons. The van der Waals surface area contributed by atoms with Gasteiger partial charge in [-0.1, -0.05) is 42.5 Å². The number of carboxylic acid groups (broad SMARTS) is 1. The van der Waals surface area contributed by atoms with Crippen molar-refractivity contribution in [2.24, 2.45) is 11.8 Å². The van der Waals surface area contributed by atoms with Gasteiger partial charge < -0.3 is 5.11 Å². The van der Waals surface area contributed by atoms with Gasteiger partial charge >= 0.3 is 5.97 Å². The van der Waals surface area contributed by atoms with Gasteiger partial charge in [-0.25, -0.2) is 4.90 Å². The second-order valence-electron chi connectivity index (χ2n) is 8.07. The molecule has 7 heteroatoms. The molecule has 0 spiro atoms. The van der Waals surface area contributed by atoms with Gasteiger partial charge in [0.05, 0.1) is 17.5 Å². The monoisotopic (exact) mass is 418 g/mol. The fourth-order valence-electron chi connectivity index (χ4n) is 4.43. The normalized spacial score (nSPS) is 27.7. The lowest BCUT2D eigenvalue weighted by Gasteiger charge is -2.26. The zero-order valence-corrected chi connectivity index (χ0v) is 17.1. The van der Waals surface area contributed by atoms with E-state index in [2.05, 4.69) is 5.32 Å². The lowest BCUT2D eigenvalue weighted by molar-refractivity contribution is -0.147. The van der Waals surface area contributed by atoms with E-state index in [1.54, 1.807) is 18.2 Å². The Morgan fingerprint density at radius 3 is 2.26 bits per heavy atom. The third kappa shape index (κ3) is 3.37. The molecule has 158 valence electrons. The van der Waals surface area contributed by atoms with Gasteiger partial charge in [0.2, 0.25) is 11.8 Å². The molecule has 2 amide bonds. The first kappa shape index (κ1) is 20.7. The highest BCUT2D eigenvalue weighted by Gasteiger charge is 2.66. The topological polar surface area (TPSA) is 104 Å². The second kappa shape index (κ2) is 7.59. The van der Waals surface area contributed by atoms with Crippen molar-refractivity contribution in [1.82, 2.24) is 5.32 Å². The molecule has 2 heterocycles. The van der Waals surface area contributed by atoms with E-state index in [1.807, 2.05) is 36.4 Å². The Kier molecular flexibility index (Phi) is 5.07. The van der Waals surface area contributed by atoms with Gasteiger partial charge in [0, 0.05) is 11.6 Å². The van der Waals surface area contributed by atoms with Crippen LogP contribution in [-0.4, -0.2) is 40.3 Å². The smallest absolute Gasteiger partial charge is 0.324 e. The Balaban J connectivity index is 1.71. The van der Waals surface area contributed by atoms with Gasteiger partial charge in [-0.15, -0.1) is 0 Å². The standard InChI is InChI=1S/C24H22N2O5/c1-14(27)16-9-11-17(12-10-16)26-21(28)19-18(13-8-15-6-4-3-5-7-15)25-24(2,23(30)31)20(19)22(26)29/h3-13,18-20,25H,1-2H3,(H,30,31)/b13-8+. The number of amides is 2. The molecule has 0 saturated carbocycles. The fraction of sp³-hybridized carbons (Fsp3) is 0.250. The maximum Gasteiger partial charge on any atom is 0.324 e. The zero-order chi connectivity index (χ0) is 22.3. The highest BCUT2D eigenvalue weighted by atomic mass is 16.4. The summed E-state index contributed by atoms with van der Waals surface area (Å²) in [5, 5.41) is 12.9. The number of Topliss-reactive ketones (excluding diaryl/α,β-unsaturated/α-hetero) is 1. The van der Waals surface area contributed by atoms with Crippen LogP contribution in [0.25, 0.3) is 6.08 Å². The minimum atomic E-state index is -1.59. The van der Waals surface area contributed by atoms with Crippen LogP contribution < -0.4 is 10.2 Å². The van der Waals surface area contributed by atoms with Crippen molar-refractivity contribution < 1.29 is 24.3 Å². The van der Waals surface area contributed by atoms with Crippen LogP contribution in [0.5, 0.6) is 0 Å². The van der Waals surface area contributed by atoms with Crippen molar-refractivity contribution in [2.75, 3.05) is 4.90 Å². The highest BCUT2D eigenvalue weighted by Crippen LogP contribution is 2.44. The summed E-state index contributed by atoms with van der Waals surface area (Å²) in [7, 11) is 0. The van der Waals surface area contributed by atoms with Crippen LogP contribution in [-0.2, 0) is 14.4 Å². The molecule has 2 aliphatic heterocycles. The van der Waals surface area contributed by atoms with Crippen LogP contribution in [0.15, 0.2) is 60.7 Å². The predicted molar refractivity (Wildman–Crippen MR) is 114 cm³/mol. The van der Waals surface area contributed by atoms with Crippen LogP contribution >= 0.6 is 0 Å². The van der Waals surface area contributed by atoms with Crippen molar-refractivity contribution in [2.45, 2.75) is 25.4 Å². The molecular weight excluding hydrogens is 396 g/mol. The van der Waals surface area contributed by atoms with Crippen molar-refractivity contribution in [1.29, 1.82) is 0 Å². The summed E-state index contributed by atoms with van der Waals surface area (Å²) in [4.78, 5) is 51.3. The summed E-state index contributed by atoms with van der Waals surface area (Å²) in [5.41, 5.74) is 0.104.